The highest BCUT2D eigenvalue weighted by Crippen LogP contribution is 2.30. The Morgan fingerprint density at radius 2 is 1.89 bits per heavy atom. The number of amides is 1. The number of carbonyl (C=O) groups is 1. The fourth-order valence-electron chi connectivity index (χ4n) is 3.25. The van der Waals surface area contributed by atoms with Crippen LogP contribution < -0.4 is 5.73 Å². The Kier molecular flexibility index (Phi) is 4.62. The van der Waals surface area contributed by atoms with Gasteiger partial charge in [-0.15, -0.1) is 0 Å². The van der Waals surface area contributed by atoms with E-state index in [1.807, 2.05) is 0 Å². The molecule has 0 aromatic rings. The largest absolute Gasteiger partial charge is 0.341 e. The van der Waals surface area contributed by atoms with Crippen molar-refractivity contribution in [3.05, 3.63) is 0 Å². The van der Waals surface area contributed by atoms with E-state index in [0.29, 0.717) is 11.8 Å². The van der Waals surface area contributed by atoms with Crippen LogP contribution >= 0.6 is 0 Å². The summed E-state index contributed by atoms with van der Waals surface area (Å²) in [6.45, 7) is 6.05. The summed E-state index contributed by atoms with van der Waals surface area (Å²) >= 11 is 0. The van der Waals surface area contributed by atoms with Crippen molar-refractivity contribution in [2.45, 2.75) is 38.6 Å². The lowest BCUT2D eigenvalue weighted by molar-refractivity contribution is -0.138. The fourth-order valence-corrected chi connectivity index (χ4v) is 3.25. The molecule has 0 radical (unpaired) electrons. The van der Waals surface area contributed by atoms with Crippen molar-refractivity contribution in [1.82, 2.24) is 9.80 Å². The van der Waals surface area contributed by atoms with E-state index in [-0.39, 0.29) is 12.0 Å². The number of hydrogen-bond acceptors (Lipinski definition) is 3. The molecule has 2 fully saturated rings. The summed E-state index contributed by atoms with van der Waals surface area (Å²) in [6, 6.07) is 0.211. The van der Waals surface area contributed by atoms with Crippen molar-refractivity contribution in [2.75, 3.05) is 33.2 Å². The normalized spacial score (nSPS) is 35.3. The maximum atomic E-state index is 12.6. The Balaban J connectivity index is 1.97. The van der Waals surface area contributed by atoms with Crippen LogP contribution in [-0.4, -0.2) is 55.0 Å². The highest BCUT2D eigenvalue weighted by molar-refractivity contribution is 5.79. The molecule has 0 spiro atoms. The molecule has 1 aliphatic carbocycles. The van der Waals surface area contributed by atoms with Gasteiger partial charge in [-0.25, -0.2) is 0 Å². The average molecular weight is 253 g/mol. The summed E-state index contributed by atoms with van der Waals surface area (Å²) in [5, 5.41) is 0. The van der Waals surface area contributed by atoms with Crippen LogP contribution in [0.25, 0.3) is 0 Å². The van der Waals surface area contributed by atoms with Crippen molar-refractivity contribution in [1.29, 1.82) is 0 Å². The Labute approximate surface area is 110 Å². The van der Waals surface area contributed by atoms with Gasteiger partial charge in [-0.2, -0.15) is 0 Å². The summed E-state index contributed by atoms with van der Waals surface area (Å²) in [5.74, 6) is 0.859. The molecule has 4 nitrogen and oxygen atoms in total. The van der Waals surface area contributed by atoms with Gasteiger partial charge in [-0.3, -0.25) is 4.79 Å². The van der Waals surface area contributed by atoms with Gasteiger partial charge in [0, 0.05) is 31.6 Å². The zero-order valence-electron chi connectivity index (χ0n) is 11.8. The van der Waals surface area contributed by atoms with Gasteiger partial charge >= 0.3 is 0 Å². The van der Waals surface area contributed by atoms with E-state index in [2.05, 4.69) is 23.8 Å². The molecular formula is C14H27N3O. The molecule has 0 aromatic carbocycles. The number of nitrogens with two attached hydrogens (primary N) is 1. The third-order valence-electron chi connectivity index (χ3n) is 4.71. The first-order chi connectivity index (χ1) is 8.59. The lowest BCUT2D eigenvalue weighted by atomic mass is 9.76. The Morgan fingerprint density at radius 3 is 2.67 bits per heavy atom. The van der Waals surface area contributed by atoms with E-state index in [9.17, 15) is 4.79 Å². The molecule has 2 aliphatic rings. The van der Waals surface area contributed by atoms with Gasteiger partial charge in [0.2, 0.25) is 5.91 Å². The summed E-state index contributed by atoms with van der Waals surface area (Å²) < 4.78 is 0. The van der Waals surface area contributed by atoms with E-state index in [0.717, 1.165) is 51.9 Å². The lowest BCUT2D eigenvalue weighted by Gasteiger charge is -2.36. The van der Waals surface area contributed by atoms with Crippen molar-refractivity contribution < 1.29 is 4.79 Å². The molecule has 104 valence electrons. The first kappa shape index (κ1) is 13.8. The summed E-state index contributed by atoms with van der Waals surface area (Å²) in [5.41, 5.74) is 6.11. The predicted molar refractivity (Wildman–Crippen MR) is 73.2 cm³/mol. The SMILES string of the molecule is CC1C(N)CCCC1C(=O)N1CCCN(C)CC1. The zero-order valence-corrected chi connectivity index (χ0v) is 11.8. The van der Waals surface area contributed by atoms with Gasteiger partial charge in [-0.1, -0.05) is 13.3 Å². The fraction of sp³-hybridized carbons (Fsp3) is 0.929. The van der Waals surface area contributed by atoms with Gasteiger partial charge in [-0.05, 0) is 38.8 Å². The molecular weight excluding hydrogens is 226 g/mol. The van der Waals surface area contributed by atoms with Gasteiger partial charge < -0.3 is 15.5 Å². The molecule has 1 saturated carbocycles. The van der Waals surface area contributed by atoms with E-state index in [1.165, 1.54) is 0 Å². The molecule has 3 unspecified atom stereocenters. The van der Waals surface area contributed by atoms with Crippen LogP contribution in [0.15, 0.2) is 0 Å². The maximum Gasteiger partial charge on any atom is 0.226 e. The Bertz CT molecular complexity index is 295. The number of carbonyl (C=O) groups excluding carboxylic acids is 1. The summed E-state index contributed by atoms with van der Waals surface area (Å²) in [6.07, 6.45) is 4.30. The second kappa shape index (κ2) is 6.02. The highest BCUT2D eigenvalue weighted by Gasteiger charge is 2.35. The van der Waals surface area contributed by atoms with Crippen molar-refractivity contribution in [3.63, 3.8) is 0 Å². The molecule has 4 heteroatoms. The minimum absolute atomic E-state index is 0.164. The molecule has 0 aromatic heterocycles. The molecule has 1 saturated heterocycles. The van der Waals surface area contributed by atoms with Gasteiger partial charge in [0.15, 0.2) is 0 Å². The monoisotopic (exact) mass is 253 g/mol. The quantitative estimate of drug-likeness (QED) is 0.756. The molecule has 3 atom stereocenters. The zero-order chi connectivity index (χ0) is 13.1. The summed E-state index contributed by atoms with van der Waals surface area (Å²) in [7, 11) is 2.13. The Hall–Kier alpha value is -0.610. The highest BCUT2D eigenvalue weighted by atomic mass is 16.2. The van der Waals surface area contributed by atoms with Crippen LogP contribution in [0.1, 0.15) is 32.6 Å². The van der Waals surface area contributed by atoms with Crippen LogP contribution in [0.2, 0.25) is 0 Å². The first-order valence-corrected chi connectivity index (χ1v) is 7.32. The minimum atomic E-state index is 0.164. The molecule has 1 amide bonds. The smallest absolute Gasteiger partial charge is 0.226 e. The molecule has 0 bridgehead atoms. The summed E-state index contributed by atoms with van der Waals surface area (Å²) in [4.78, 5) is 17.0. The molecule has 2 rings (SSSR count). The van der Waals surface area contributed by atoms with Gasteiger partial charge in [0.25, 0.3) is 0 Å². The molecule has 2 N–H and O–H groups in total. The molecule has 1 heterocycles. The maximum absolute atomic E-state index is 12.6. The standard InChI is InChI=1S/C14H27N3O/c1-11-12(5-3-6-13(11)15)14(18)17-8-4-7-16(2)9-10-17/h11-13H,3-10,15H2,1-2H3. The first-order valence-electron chi connectivity index (χ1n) is 7.32. The number of rotatable bonds is 1. The predicted octanol–water partition coefficient (Wildman–Crippen LogP) is 0.914. The molecule has 18 heavy (non-hydrogen) atoms. The van der Waals surface area contributed by atoms with Crippen molar-refractivity contribution in [2.24, 2.45) is 17.6 Å². The van der Waals surface area contributed by atoms with E-state index in [1.54, 1.807) is 0 Å². The van der Waals surface area contributed by atoms with Crippen LogP contribution in [-0.2, 0) is 4.79 Å². The van der Waals surface area contributed by atoms with Crippen LogP contribution in [0, 0.1) is 11.8 Å². The van der Waals surface area contributed by atoms with E-state index < -0.39 is 0 Å². The third kappa shape index (κ3) is 3.04. The lowest BCUT2D eigenvalue weighted by Crippen LogP contribution is -2.46. The van der Waals surface area contributed by atoms with Crippen LogP contribution in [0.4, 0.5) is 0 Å². The number of nitrogens with zero attached hydrogens (tertiary/aromatic N) is 2. The second-order valence-electron chi connectivity index (χ2n) is 6.04. The Morgan fingerprint density at radius 1 is 1.11 bits per heavy atom. The van der Waals surface area contributed by atoms with Gasteiger partial charge in [0.1, 0.15) is 0 Å². The van der Waals surface area contributed by atoms with E-state index >= 15 is 0 Å². The average Bonchev–Trinajstić information content (AvgIpc) is 2.57. The number of likely N-dealkylation sites (N-methyl/N-ethyl adjacent to an activating group) is 1. The second-order valence-corrected chi connectivity index (χ2v) is 6.04. The van der Waals surface area contributed by atoms with Crippen molar-refractivity contribution >= 4 is 5.91 Å². The van der Waals surface area contributed by atoms with E-state index in [4.69, 9.17) is 5.73 Å². The van der Waals surface area contributed by atoms with Crippen LogP contribution in [0.5, 0.6) is 0 Å². The van der Waals surface area contributed by atoms with Gasteiger partial charge in [0.05, 0.1) is 0 Å². The number of hydrogen-bond donors (Lipinski definition) is 1. The van der Waals surface area contributed by atoms with Crippen LogP contribution in [0.3, 0.4) is 0 Å². The molecule has 1 aliphatic heterocycles. The minimum Gasteiger partial charge on any atom is -0.341 e. The van der Waals surface area contributed by atoms with Crippen molar-refractivity contribution in [3.8, 4) is 0 Å². The third-order valence-corrected chi connectivity index (χ3v) is 4.71. The topological polar surface area (TPSA) is 49.6 Å².